The Morgan fingerprint density at radius 2 is 2.14 bits per heavy atom. The lowest BCUT2D eigenvalue weighted by Gasteiger charge is -2.23. The van der Waals surface area contributed by atoms with Crippen molar-refractivity contribution in [3.8, 4) is 5.75 Å². The van der Waals surface area contributed by atoms with Gasteiger partial charge >= 0.3 is 0 Å². The molecule has 1 aliphatic rings. The van der Waals surface area contributed by atoms with E-state index in [4.69, 9.17) is 14.2 Å². The third-order valence-corrected chi connectivity index (χ3v) is 3.79. The van der Waals surface area contributed by atoms with Gasteiger partial charge in [-0.25, -0.2) is 0 Å². The Balaban J connectivity index is 1.92. The number of methoxy groups -OCH3 is 2. The molecule has 0 amide bonds. The van der Waals surface area contributed by atoms with Crippen molar-refractivity contribution >= 4 is 5.69 Å². The van der Waals surface area contributed by atoms with Gasteiger partial charge in [-0.1, -0.05) is 13.0 Å². The van der Waals surface area contributed by atoms with Crippen molar-refractivity contribution in [3.05, 3.63) is 23.8 Å². The van der Waals surface area contributed by atoms with Crippen LogP contribution in [-0.4, -0.2) is 46.2 Å². The number of hydrogen-bond acceptors (Lipinski definition) is 5. The van der Waals surface area contributed by atoms with Crippen LogP contribution in [0.5, 0.6) is 5.75 Å². The number of rotatable bonds is 8. The maximum absolute atomic E-state index is 5.61. The van der Waals surface area contributed by atoms with Crippen LogP contribution in [0.3, 0.4) is 0 Å². The summed E-state index contributed by atoms with van der Waals surface area (Å²) in [4.78, 5) is 0. The molecule has 1 heterocycles. The maximum Gasteiger partial charge on any atom is 0.169 e. The van der Waals surface area contributed by atoms with E-state index in [1.807, 2.05) is 0 Å². The van der Waals surface area contributed by atoms with Crippen molar-refractivity contribution in [2.75, 3.05) is 39.2 Å². The first kappa shape index (κ1) is 16.1. The van der Waals surface area contributed by atoms with Gasteiger partial charge in [0.25, 0.3) is 0 Å². The third-order valence-electron chi connectivity index (χ3n) is 3.79. The minimum Gasteiger partial charge on any atom is -0.490 e. The molecule has 0 aromatic heterocycles. The Kier molecular flexibility index (Phi) is 6.29. The Labute approximate surface area is 127 Å². The molecule has 1 aromatic carbocycles. The number of benzene rings is 1. The molecule has 118 valence electrons. The summed E-state index contributed by atoms with van der Waals surface area (Å²) in [7, 11) is 3.32. The smallest absolute Gasteiger partial charge is 0.169 e. The van der Waals surface area contributed by atoms with E-state index < -0.39 is 0 Å². The number of nitrogens with one attached hydrogen (secondary N) is 2. The van der Waals surface area contributed by atoms with E-state index in [0.717, 1.165) is 37.4 Å². The Hall–Kier alpha value is -1.30. The van der Waals surface area contributed by atoms with Crippen LogP contribution in [0.15, 0.2) is 18.2 Å². The number of anilines is 1. The van der Waals surface area contributed by atoms with E-state index in [0.29, 0.717) is 12.6 Å². The molecule has 0 fully saturated rings. The fraction of sp³-hybridized carbons (Fsp3) is 0.625. The van der Waals surface area contributed by atoms with Gasteiger partial charge in [-0.15, -0.1) is 0 Å². The SMILES string of the molecule is CCC(Cc1ccc2c(c1)NCCO2)NCC(OC)OC. The monoisotopic (exact) mass is 294 g/mol. The molecular weight excluding hydrogens is 268 g/mol. The first-order valence-electron chi connectivity index (χ1n) is 7.55. The Morgan fingerprint density at radius 3 is 2.86 bits per heavy atom. The average molecular weight is 294 g/mol. The molecule has 0 saturated heterocycles. The first-order chi connectivity index (χ1) is 10.3. The van der Waals surface area contributed by atoms with Gasteiger partial charge in [0.2, 0.25) is 0 Å². The minimum atomic E-state index is -0.197. The van der Waals surface area contributed by atoms with Crippen molar-refractivity contribution in [3.63, 3.8) is 0 Å². The van der Waals surface area contributed by atoms with Gasteiger partial charge in [-0.05, 0) is 30.5 Å². The number of fused-ring (bicyclic) bond motifs is 1. The molecular formula is C16H26N2O3. The van der Waals surface area contributed by atoms with Gasteiger partial charge < -0.3 is 24.8 Å². The average Bonchev–Trinajstić information content (AvgIpc) is 2.54. The molecule has 1 aliphatic heterocycles. The van der Waals surface area contributed by atoms with Crippen molar-refractivity contribution in [1.29, 1.82) is 0 Å². The normalized spacial score (nSPS) is 15.2. The Morgan fingerprint density at radius 1 is 1.33 bits per heavy atom. The zero-order chi connectivity index (χ0) is 15.1. The van der Waals surface area contributed by atoms with Crippen LogP contribution in [0.2, 0.25) is 0 Å². The van der Waals surface area contributed by atoms with Crippen LogP contribution in [0.25, 0.3) is 0 Å². The summed E-state index contributed by atoms with van der Waals surface area (Å²) in [5, 5.41) is 6.88. The zero-order valence-electron chi connectivity index (χ0n) is 13.1. The van der Waals surface area contributed by atoms with E-state index in [2.05, 4.69) is 35.8 Å². The molecule has 1 atom stereocenters. The van der Waals surface area contributed by atoms with Crippen molar-refractivity contribution in [2.45, 2.75) is 32.1 Å². The summed E-state index contributed by atoms with van der Waals surface area (Å²) in [5.74, 6) is 0.949. The molecule has 0 saturated carbocycles. The van der Waals surface area contributed by atoms with Gasteiger partial charge in [0.1, 0.15) is 12.4 Å². The highest BCUT2D eigenvalue weighted by atomic mass is 16.7. The summed E-state index contributed by atoms with van der Waals surface area (Å²) in [6.07, 6.45) is 1.84. The number of ether oxygens (including phenoxy) is 3. The van der Waals surface area contributed by atoms with Gasteiger partial charge in [-0.3, -0.25) is 0 Å². The highest BCUT2D eigenvalue weighted by Crippen LogP contribution is 2.28. The van der Waals surface area contributed by atoms with E-state index >= 15 is 0 Å². The fourth-order valence-electron chi connectivity index (χ4n) is 2.49. The van der Waals surface area contributed by atoms with Crippen molar-refractivity contribution in [1.82, 2.24) is 5.32 Å². The fourth-order valence-corrected chi connectivity index (χ4v) is 2.49. The van der Waals surface area contributed by atoms with Crippen LogP contribution in [-0.2, 0) is 15.9 Å². The van der Waals surface area contributed by atoms with Gasteiger partial charge in [0.15, 0.2) is 6.29 Å². The second-order valence-corrected chi connectivity index (χ2v) is 5.22. The van der Waals surface area contributed by atoms with Gasteiger partial charge in [0.05, 0.1) is 5.69 Å². The lowest BCUT2D eigenvalue weighted by Crippen LogP contribution is -2.38. The zero-order valence-corrected chi connectivity index (χ0v) is 13.1. The molecule has 1 aromatic rings. The highest BCUT2D eigenvalue weighted by molar-refractivity contribution is 5.59. The molecule has 5 heteroatoms. The Bertz CT molecular complexity index is 436. The lowest BCUT2D eigenvalue weighted by molar-refractivity contribution is -0.0999. The summed E-state index contributed by atoms with van der Waals surface area (Å²) < 4.78 is 16.0. The van der Waals surface area contributed by atoms with Crippen LogP contribution in [0.4, 0.5) is 5.69 Å². The van der Waals surface area contributed by atoms with Crippen LogP contribution >= 0.6 is 0 Å². The summed E-state index contributed by atoms with van der Waals surface area (Å²) in [6.45, 7) is 4.49. The second-order valence-electron chi connectivity index (χ2n) is 5.22. The van der Waals surface area contributed by atoms with E-state index in [9.17, 15) is 0 Å². The predicted molar refractivity (Wildman–Crippen MR) is 84.0 cm³/mol. The number of hydrogen-bond donors (Lipinski definition) is 2. The molecule has 2 N–H and O–H groups in total. The molecule has 5 nitrogen and oxygen atoms in total. The third kappa shape index (κ3) is 4.59. The summed E-state index contributed by atoms with van der Waals surface area (Å²) in [5.41, 5.74) is 2.40. The molecule has 0 bridgehead atoms. The molecule has 0 radical (unpaired) electrons. The van der Waals surface area contributed by atoms with E-state index in [1.165, 1.54) is 5.56 Å². The van der Waals surface area contributed by atoms with Crippen molar-refractivity contribution in [2.24, 2.45) is 0 Å². The predicted octanol–water partition coefficient (Wildman–Crippen LogP) is 2.02. The van der Waals surface area contributed by atoms with Crippen LogP contribution < -0.4 is 15.4 Å². The minimum absolute atomic E-state index is 0.197. The molecule has 1 unspecified atom stereocenters. The molecule has 2 rings (SSSR count). The van der Waals surface area contributed by atoms with Crippen molar-refractivity contribution < 1.29 is 14.2 Å². The summed E-state index contributed by atoms with van der Waals surface area (Å²) in [6, 6.07) is 6.78. The standard InChI is InChI=1S/C16H26N2O3/c1-4-13(18-11-16(19-2)20-3)9-12-5-6-15-14(10-12)17-7-8-21-15/h5-6,10,13,16-18H,4,7-9,11H2,1-3H3. The maximum atomic E-state index is 5.61. The lowest BCUT2D eigenvalue weighted by atomic mass is 10.0. The topological polar surface area (TPSA) is 51.8 Å². The first-order valence-corrected chi connectivity index (χ1v) is 7.55. The van der Waals surface area contributed by atoms with Gasteiger partial charge in [-0.2, -0.15) is 0 Å². The molecule has 21 heavy (non-hydrogen) atoms. The van der Waals surface area contributed by atoms with Crippen LogP contribution in [0, 0.1) is 0 Å². The second kappa shape index (κ2) is 8.22. The largest absolute Gasteiger partial charge is 0.490 e. The van der Waals surface area contributed by atoms with E-state index in [1.54, 1.807) is 14.2 Å². The molecule has 0 aliphatic carbocycles. The quantitative estimate of drug-likeness (QED) is 0.718. The summed E-state index contributed by atoms with van der Waals surface area (Å²) >= 11 is 0. The molecule has 0 spiro atoms. The highest BCUT2D eigenvalue weighted by Gasteiger charge is 2.14. The van der Waals surface area contributed by atoms with Crippen LogP contribution in [0.1, 0.15) is 18.9 Å². The van der Waals surface area contributed by atoms with E-state index in [-0.39, 0.29) is 6.29 Å². The van der Waals surface area contributed by atoms with Gasteiger partial charge in [0, 0.05) is 33.4 Å².